The molecule has 0 rings (SSSR count). The molecule has 0 saturated carbocycles. The van der Waals surface area contributed by atoms with E-state index in [-0.39, 0.29) is 11.9 Å². The highest BCUT2D eigenvalue weighted by atomic mass is 16.2. The lowest BCUT2D eigenvalue weighted by Gasteiger charge is -2.12. The molecule has 0 aliphatic heterocycles. The molecule has 3 heteroatoms. The van der Waals surface area contributed by atoms with Crippen LogP contribution in [0.3, 0.4) is 0 Å². The van der Waals surface area contributed by atoms with Gasteiger partial charge < -0.3 is 11.1 Å². The summed E-state index contributed by atoms with van der Waals surface area (Å²) >= 11 is 0. The summed E-state index contributed by atoms with van der Waals surface area (Å²) < 4.78 is 0. The molecule has 3 nitrogen and oxygen atoms in total. The maximum atomic E-state index is 11.2. The first kappa shape index (κ1) is 11.4. The van der Waals surface area contributed by atoms with Gasteiger partial charge in [-0.05, 0) is 12.3 Å². The number of rotatable bonds is 5. The van der Waals surface area contributed by atoms with Crippen LogP contribution >= 0.6 is 0 Å². The maximum absolute atomic E-state index is 11.2. The average Bonchev–Trinajstić information content (AvgIpc) is 2.00. The van der Waals surface area contributed by atoms with Gasteiger partial charge in [-0.2, -0.15) is 0 Å². The largest absolute Gasteiger partial charge is 0.354 e. The molecule has 72 valence electrons. The lowest BCUT2D eigenvalue weighted by molar-refractivity contribution is -0.122. The van der Waals surface area contributed by atoms with E-state index < -0.39 is 0 Å². The summed E-state index contributed by atoms with van der Waals surface area (Å²) in [4.78, 5) is 11.2. The van der Waals surface area contributed by atoms with Crippen LogP contribution in [0.2, 0.25) is 0 Å². The summed E-state index contributed by atoms with van der Waals surface area (Å²) in [5, 5.41) is 2.80. The number of carbonyl (C=O) groups excluding carboxylic acids is 1. The van der Waals surface area contributed by atoms with Crippen LogP contribution in [0.25, 0.3) is 0 Å². The van der Waals surface area contributed by atoms with Crippen molar-refractivity contribution >= 4 is 5.91 Å². The minimum absolute atomic E-state index is 0.0226. The van der Waals surface area contributed by atoms with E-state index in [1.165, 1.54) is 0 Å². The van der Waals surface area contributed by atoms with E-state index >= 15 is 0 Å². The molecule has 0 aliphatic rings. The Bertz CT molecular complexity index is 134. The van der Waals surface area contributed by atoms with Gasteiger partial charge in [0.1, 0.15) is 0 Å². The van der Waals surface area contributed by atoms with E-state index in [9.17, 15) is 4.79 Å². The minimum atomic E-state index is -0.325. The SMILES string of the molecule is CCC[C@H](N)C(=O)NCC(C)C. The van der Waals surface area contributed by atoms with Crippen LogP contribution < -0.4 is 11.1 Å². The molecule has 12 heavy (non-hydrogen) atoms. The average molecular weight is 172 g/mol. The molecule has 0 aromatic heterocycles. The van der Waals surface area contributed by atoms with Crippen molar-refractivity contribution in [3.8, 4) is 0 Å². The quantitative estimate of drug-likeness (QED) is 0.647. The summed E-state index contributed by atoms with van der Waals surface area (Å²) in [6, 6.07) is -0.325. The van der Waals surface area contributed by atoms with Gasteiger partial charge in [0.15, 0.2) is 0 Å². The van der Waals surface area contributed by atoms with Crippen molar-refractivity contribution in [2.45, 2.75) is 39.7 Å². The third-order valence-electron chi connectivity index (χ3n) is 1.62. The van der Waals surface area contributed by atoms with Crippen molar-refractivity contribution in [3.63, 3.8) is 0 Å². The van der Waals surface area contributed by atoms with Gasteiger partial charge >= 0.3 is 0 Å². The zero-order valence-electron chi connectivity index (χ0n) is 8.26. The zero-order chi connectivity index (χ0) is 9.56. The molecule has 1 atom stereocenters. The van der Waals surface area contributed by atoms with Crippen molar-refractivity contribution in [1.82, 2.24) is 5.32 Å². The molecule has 0 fully saturated rings. The number of nitrogens with one attached hydrogen (secondary N) is 1. The number of hydrogen-bond acceptors (Lipinski definition) is 2. The van der Waals surface area contributed by atoms with Crippen LogP contribution in [0.15, 0.2) is 0 Å². The molecular weight excluding hydrogens is 152 g/mol. The van der Waals surface area contributed by atoms with Crippen molar-refractivity contribution in [1.29, 1.82) is 0 Å². The van der Waals surface area contributed by atoms with Gasteiger partial charge in [0.2, 0.25) is 5.91 Å². The highest BCUT2D eigenvalue weighted by molar-refractivity contribution is 5.81. The Hall–Kier alpha value is -0.570. The second kappa shape index (κ2) is 6.00. The number of nitrogens with two attached hydrogens (primary N) is 1. The molecule has 0 saturated heterocycles. The van der Waals surface area contributed by atoms with Crippen LogP contribution in [0.4, 0.5) is 0 Å². The summed E-state index contributed by atoms with van der Waals surface area (Å²) in [5.74, 6) is 0.466. The van der Waals surface area contributed by atoms with Crippen molar-refractivity contribution in [3.05, 3.63) is 0 Å². The third kappa shape index (κ3) is 5.13. The predicted octanol–water partition coefficient (Wildman–Crippen LogP) is 0.886. The molecule has 0 aromatic rings. The molecule has 0 aliphatic carbocycles. The summed E-state index contributed by atoms with van der Waals surface area (Å²) in [6.07, 6.45) is 1.72. The molecule has 0 bridgehead atoms. The monoisotopic (exact) mass is 172 g/mol. The standard InChI is InChI=1S/C9H20N2O/c1-4-5-8(10)9(12)11-6-7(2)3/h7-8H,4-6,10H2,1-3H3,(H,11,12)/t8-/m0/s1. The lowest BCUT2D eigenvalue weighted by atomic mass is 10.1. The van der Waals surface area contributed by atoms with E-state index in [1.54, 1.807) is 0 Å². The first-order valence-electron chi connectivity index (χ1n) is 4.61. The van der Waals surface area contributed by atoms with E-state index in [0.717, 1.165) is 19.4 Å². The molecule has 0 heterocycles. The first-order valence-corrected chi connectivity index (χ1v) is 4.61. The van der Waals surface area contributed by atoms with E-state index in [2.05, 4.69) is 19.2 Å². The summed E-state index contributed by atoms with van der Waals surface area (Å²) in [5.41, 5.74) is 5.60. The highest BCUT2D eigenvalue weighted by Gasteiger charge is 2.11. The first-order chi connectivity index (χ1) is 5.57. The molecular formula is C9H20N2O. The van der Waals surface area contributed by atoms with Gasteiger partial charge in [-0.25, -0.2) is 0 Å². The van der Waals surface area contributed by atoms with Gasteiger partial charge in [0.05, 0.1) is 6.04 Å². The van der Waals surface area contributed by atoms with Gasteiger partial charge in [-0.1, -0.05) is 27.2 Å². The van der Waals surface area contributed by atoms with Crippen LogP contribution in [0.1, 0.15) is 33.6 Å². The van der Waals surface area contributed by atoms with Crippen molar-refractivity contribution in [2.75, 3.05) is 6.54 Å². The Balaban J connectivity index is 3.57. The fourth-order valence-electron chi connectivity index (χ4n) is 0.878. The van der Waals surface area contributed by atoms with Crippen LogP contribution in [-0.2, 0) is 4.79 Å². The highest BCUT2D eigenvalue weighted by Crippen LogP contribution is 1.94. The van der Waals surface area contributed by atoms with Gasteiger partial charge in [0, 0.05) is 6.54 Å². The van der Waals surface area contributed by atoms with Gasteiger partial charge in [-0.15, -0.1) is 0 Å². The predicted molar refractivity (Wildman–Crippen MR) is 50.7 cm³/mol. The van der Waals surface area contributed by atoms with Crippen LogP contribution in [0.5, 0.6) is 0 Å². The van der Waals surface area contributed by atoms with Crippen LogP contribution in [0, 0.1) is 5.92 Å². The Morgan fingerprint density at radius 3 is 2.50 bits per heavy atom. The topological polar surface area (TPSA) is 55.1 Å². The number of carbonyl (C=O) groups is 1. The summed E-state index contributed by atoms with van der Waals surface area (Å²) in [6.45, 7) is 6.86. The summed E-state index contributed by atoms with van der Waals surface area (Å²) in [7, 11) is 0. The van der Waals surface area contributed by atoms with E-state index in [4.69, 9.17) is 5.73 Å². The molecule has 0 radical (unpaired) electrons. The van der Waals surface area contributed by atoms with Crippen molar-refractivity contribution < 1.29 is 4.79 Å². The molecule has 0 unspecified atom stereocenters. The Kier molecular flexibility index (Phi) is 5.72. The Morgan fingerprint density at radius 2 is 2.08 bits per heavy atom. The zero-order valence-corrected chi connectivity index (χ0v) is 8.26. The second-order valence-corrected chi connectivity index (χ2v) is 3.53. The van der Waals surface area contributed by atoms with Gasteiger partial charge in [0.25, 0.3) is 0 Å². The second-order valence-electron chi connectivity index (χ2n) is 3.53. The smallest absolute Gasteiger partial charge is 0.236 e. The fraction of sp³-hybridized carbons (Fsp3) is 0.889. The molecule has 0 aromatic carbocycles. The Labute approximate surface area is 74.7 Å². The lowest BCUT2D eigenvalue weighted by Crippen LogP contribution is -2.41. The molecule has 3 N–H and O–H groups in total. The maximum Gasteiger partial charge on any atom is 0.236 e. The Morgan fingerprint density at radius 1 is 1.50 bits per heavy atom. The fourth-order valence-corrected chi connectivity index (χ4v) is 0.878. The number of hydrogen-bond donors (Lipinski definition) is 2. The normalized spacial score (nSPS) is 13.1. The third-order valence-corrected chi connectivity index (χ3v) is 1.62. The van der Waals surface area contributed by atoms with Crippen LogP contribution in [-0.4, -0.2) is 18.5 Å². The number of amides is 1. The van der Waals surface area contributed by atoms with Gasteiger partial charge in [-0.3, -0.25) is 4.79 Å². The molecule has 0 spiro atoms. The van der Waals surface area contributed by atoms with Crippen molar-refractivity contribution in [2.24, 2.45) is 11.7 Å². The van der Waals surface area contributed by atoms with E-state index in [0.29, 0.717) is 5.92 Å². The minimum Gasteiger partial charge on any atom is -0.354 e. The molecule has 1 amide bonds. The van der Waals surface area contributed by atoms with E-state index in [1.807, 2.05) is 6.92 Å².